The van der Waals surface area contributed by atoms with Crippen LogP contribution >= 0.6 is 34.0 Å². The summed E-state index contributed by atoms with van der Waals surface area (Å²) in [5, 5.41) is 20.5. The zero-order valence-electron chi connectivity index (χ0n) is 66.4. The third-order valence-corrected chi connectivity index (χ3v) is 28.1. The summed E-state index contributed by atoms with van der Waals surface area (Å²) in [7, 11) is 0. The highest BCUT2D eigenvalue weighted by molar-refractivity contribution is 7.27. The molecule has 0 spiro atoms. The zero-order chi connectivity index (χ0) is 80.6. The molecule has 122 heavy (non-hydrogen) atoms. The molecule has 1 nitrogen and oxygen atoms in total. The first-order chi connectivity index (χ1) is 60.5. The molecular weight excluding hydrogens is 1530 g/mol. The Bertz CT molecular complexity index is 8180. The summed E-state index contributed by atoms with van der Waals surface area (Å²) in [5.41, 5.74) is 26.7. The van der Waals surface area contributed by atoms with E-state index in [-0.39, 0.29) is 0 Å². The molecule has 0 radical (unpaired) electrons. The van der Waals surface area contributed by atoms with Gasteiger partial charge < -0.3 is 4.42 Å². The van der Waals surface area contributed by atoms with Crippen LogP contribution in [0.5, 0.6) is 0 Å². The first kappa shape index (κ1) is 72.4. The fraction of sp³-hybridized carbons (Fsp3) is 0. The van der Waals surface area contributed by atoms with Gasteiger partial charge >= 0.3 is 0 Å². The molecule has 0 atom stereocenters. The number of hydrogen-bond donors (Lipinski definition) is 0. The molecule has 0 saturated carbocycles. The minimum Gasteiger partial charge on any atom is -0.455 e. The van der Waals surface area contributed by atoms with E-state index in [0.29, 0.717) is 0 Å². The molecule has 0 saturated heterocycles. The number of furan rings is 1. The van der Waals surface area contributed by atoms with Crippen molar-refractivity contribution in [2.45, 2.75) is 0 Å². The molecule has 4 heterocycles. The minimum absolute atomic E-state index is 0.917. The fourth-order valence-corrected chi connectivity index (χ4v) is 22.6. The Hall–Kier alpha value is -14.9. The van der Waals surface area contributed by atoms with Crippen molar-refractivity contribution in [3.8, 4) is 111 Å². The molecule has 0 fully saturated rings. The standard InChI is InChI=1S/C44H28O.C38H24S.C36H22S2/c1-3-13-29(14-4-1)42-36-20-7-8-21-37(36)43(30-15-5-2-6-16-30)40-28-32(25-26-38(40)42)31-17-11-18-33(27-31)34-22-12-23-39-35-19-9-10-24-41(35)45-44(34)39;1-2-12-25(13-3-1)36-30-17-4-6-19-32(30)37(33-20-7-5-18-31(33)36)27-15-10-14-26(24-27)28-21-11-22-34-29-16-8-9-23-35(29)39-38(28)34;1-3-19-33-29(13-1)31-17-7-15-27(35(31)37-33)25-11-5-9-23(21-25)24-10-6-12-26(22-24)28-16-8-18-32-30-14-2-4-20-34(30)38-36(28)32/h1-28H;1-24H;1-22H. The fourth-order valence-electron chi connectivity index (χ4n) is 18.9. The van der Waals surface area contributed by atoms with Crippen LogP contribution < -0.4 is 0 Å². The van der Waals surface area contributed by atoms with Crippen molar-refractivity contribution in [2.75, 3.05) is 0 Å². The molecule has 0 aliphatic rings. The summed E-state index contributed by atoms with van der Waals surface area (Å²) < 4.78 is 14.5. The van der Waals surface area contributed by atoms with Gasteiger partial charge in [-0.1, -0.05) is 394 Å². The molecule has 0 N–H and O–H groups in total. The molecule has 0 unspecified atom stereocenters. The normalized spacial score (nSPS) is 11.6. The number of fused-ring (bicyclic) bond motifs is 16. The lowest BCUT2D eigenvalue weighted by Gasteiger charge is -2.19. The molecule has 4 heteroatoms. The maximum absolute atomic E-state index is 6.40. The Balaban J connectivity index is 0.000000107. The highest BCUT2D eigenvalue weighted by Gasteiger charge is 2.23. The van der Waals surface area contributed by atoms with Gasteiger partial charge in [-0.3, -0.25) is 0 Å². The van der Waals surface area contributed by atoms with Gasteiger partial charge in [-0.2, -0.15) is 0 Å². The van der Waals surface area contributed by atoms with Gasteiger partial charge in [0.05, 0.1) is 0 Å². The molecule has 25 aromatic rings. The van der Waals surface area contributed by atoms with Gasteiger partial charge in [0.2, 0.25) is 0 Å². The highest BCUT2D eigenvalue weighted by atomic mass is 32.1. The summed E-state index contributed by atoms with van der Waals surface area (Å²) in [6, 6.07) is 163. The minimum atomic E-state index is 0.917. The van der Waals surface area contributed by atoms with Crippen LogP contribution in [0.25, 0.3) is 237 Å². The van der Waals surface area contributed by atoms with E-state index in [2.05, 4.69) is 437 Å². The third-order valence-electron chi connectivity index (χ3n) is 24.4. The second kappa shape index (κ2) is 30.8. The second-order valence-electron chi connectivity index (χ2n) is 31.4. The van der Waals surface area contributed by atoms with Crippen LogP contribution in [0.2, 0.25) is 0 Å². The Morgan fingerprint density at radius 1 is 0.139 bits per heavy atom. The summed E-state index contributed by atoms with van der Waals surface area (Å²) in [6.45, 7) is 0. The van der Waals surface area contributed by atoms with Crippen molar-refractivity contribution in [3.63, 3.8) is 0 Å². The summed E-state index contributed by atoms with van der Waals surface area (Å²) in [4.78, 5) is 0. The lowest BCUT2D eigenvalue weighted by atomic mass is 9.85. The molecule has 4 aromatic heterocycles. The van der Waals surface area contributed by atoms with Crippen LogP contribution in [-0.4, -0.2) is 0 Å². The van der Waals surface area contributed by atoms with E-state index >= 15 is 0 Å². The number of rotatable bonds is 10. The van der Waals surface area contributed by atoms with Crippen molar-refractivity contribution >= 4 is 160 Å². The average molecular weight is 1600 g/mol. The van der Waals surface area contributed by atoms with Crippen LogP contribution in [0.4, 0.5) is 0 Å². The molecular formula is C118H74OS3. The largest absolute Gasteiger partial charge is 0.455 e. The van der Waals surface area contributed by atoms with E-state index in [0.717, 1.165) is 33.1 Å². The van der Waals surface area contributed by atoms with E-state index in [1.807, 2.05) is 46.1 Å². The van der Waals surface area contributed by atoms with Gasteiger partial charge in [0, 0.05) is 76.9 Å². The molecule has 570 valence electrons. The van der Waals surface area contributed by atoms with E-state index in [1.54, 1.807) is 0 Å². The van der Waals surface area contributed by atoms with Crippen LogP contribution in [-0.2, 0) is 0 Å². The van der Waals surface area contributed by atoms with Gasteiger partial charge in [0.15, 0.2) is 0 Å². The number of hydrogen-bond acceptors (Lipinski definition) is 4. The lowest BCUT2D eigenvalue weighted by Crippen LogP contribution is -1.91. The molecule has 0 amide bonds. The molecule has 25 rings (SSSR count). The predicted octanol–water partition coefficient (Wildman–Crippen LogP) is 35.3. The summed E-state index contributed by atoms with van der Waals surface area (Å²) >= 11 is 5.67. The van der Waals surface area contributed by atoms with E-state index in [1.165, 1.54) is 204 Å². The number of thiophene rings is 3. The van der Waals surface area contributed by atoms with E-state index in [9.17, 15) is 0 Å². The summed E-state index contributed by atoms with van der Waals surface area (Å²) in [6.07, 6.45) is 0. The highest BCUT2D eigenvalue weighted by Crippen LogP contribution is 2.50. The quantitative estimate of drug-likeness (QED) is 0.124. The SMILES string of the molecule is c1cc(-c2cccc(-c3cccc4c3sc3ccccc34)c2)cc(-c2cccc3c2sc2ccccc23)c1.c1ccc(-c2c3ccccc3c(-c3cccc(-c4cccc5c4sc4ccccc45)c3)c3ccccc23)cc1.c1ccc(-c2c3ccccc3c(-c3ccccc3)c3cc(-c4cccc(-c5cccc6c5oc5ccccc56)c4)ccc23)cc1. The van der Waals surface area contributed by atoms with Crippen LogP contribution in [0, 0.1) is 0 Å². The van der Waals surface area contributed by atoms with Crippen molar-refractivity contribution < 1.29 is 4.42 Å². The maximum atomic E-state index is 6.40. The Morgan fingerprint density at radius 2 is 0.393 bits per heavy atom. The van der Waals surface area contributed by atoms with Crippen molar-refractivity contribution in [1.82, 2.24) is 0 Å². The second-order valence-corrected chi connectivity index (χ2v) is 34.6. The Labute approximate surface area is 718 Å². The smallest absolute Gasteiger partial charge is 0.143 e. The summed E-state index contributed by atoms with van der Waals surface area (Å²) in [5.74, 6) is 0. The molecule has 0 aliphatic carbocycles. The van der Waals surface area contributed by atoms with E-state index < -0.39 is 0 Å². The van der Waals surface area contributed by atoms with Gasteiger partial charge in [0.25, 0.3) is 0 Å². The topological polar surface area (TPSA) is 13.1 Å². The number of para-hydroxylation sites is 2. The third kappa shape index (κ3) is 12.7. The average Bonchev–Trinajstić information content (AvgIpc) is 1.32. The van der Waals surface area contributed by atoms with E-state index in [4.69, 9.17) is 4.42 Å². The van der Waals surface area contributed by atoms with Crippen LogP contribution in [0.15, 0.2) is 453 Å². The van der Waals surface area contributed by atoms with Crippen molar-refractivity contribution in [3.05, 3.63) is 449 Å². The number of benzene rings is 21. The van der Waals surface area contributed by atoms with Crippen molar-refractivity contribution in [2.24, 2.45) is 0 Å². The lowest BCUT2D eigenvalue weighted by molar-refractivity contribution is 0.670. The van der Waals surface area contributed by atoms with Gasteiger partial charge in [-0.05, 0) is 203 Å². The maximum Gasteiger partial charge on any atom is 0.143 e. The van der Waals surface area contributed by atoms with Gasteiger partial charge in [-0.15, -0.1) is 34.0 Å². The van der Waals surface area contributed by atoms with Crippen LogP contribution in [0.1, 0.15) is 0 Å². The molecule has 0 bridgehead atoms. The molecule has 0 aliphatic heterocycles. The molecule has 21 aromatic carbocycles. The zero-order valence-corrected chi connectivity index (χ0v) is 68.8. The Morgan fingerprint density at radius 3 is 0.795 bits per heavy atom. The van der Waals surface area contributed by atoms with Gasteiger partial charge in [0.1, 0.15) is 11.2 Å². The first-order valence-corrected chi connectivity index (χ1v) is 44.1. The predicted molar refractivity (Wildman–Crippen MR) is 530 cm³/mol. The first-order valence-electron chi connectivity index (χ1n) is 41.7. The monoisotopic (exact) mass is 1600 g/mol. The van der Waals surface area contributed by atoms with Gasteiger partial charge in [-0.25, -0.2) is 0 Å². The van der Waals surface area contributed by atoms with Crippen molar-refractivity contribution in [1.29, 1.82) is 0 Å². The Kier molecular flexibility index (Phi) is 18.3. The van der Waals surface area contributed by atoms with Crippen LogP contribution in [0.3, 0.4) is 0 Å².